The van der Waals surface area contributed by atoms with Crippen molar-refractivity contribution in [3.05, 3.63) is 17.7 Å². The Kier molecular flexibility index (Phi) is 5.10. The maximum atomic E-state index is 6.17. The van der Waals surface area contributed by atoms with E-state index in [1.807, 2.05) is 6.20 Å². The Labute approximate surface area is 129 Å². The average Bonchev–Trinajstić information content (AvgIpc) is 2.85. The molecular formula is C17H31N3O. The van der Waals surface area contributed by atoms with Crippen molar-refractivity contribution in [2.75, 3.05) is 6.61 Å². The van der Waals surface area contributed by atoms with Crippen LogP contribution in [0.2, 0.25) is 0 Å². The fraction of sp³-hybridized carbons (Fsp3) is 0.824. The second-order valence-electron chi connectivity index (χ2n) is 7.49. The molecule has 0 spiro atoms. The van der Waals surface area contributed by atoms with E-state index in [0.29, 0.717) is 5.92 Å². The first-order valence-electron chi connectivity index (χ1n) is 8.28. The van der Waals surface area contributed by atoms with Crippen LogP contribution < -0.4 is 5.32 Å². The molecule has 4 heteroatoms. The van der Waals surface area contributed by atoms with Crippen molar-refractivity contribution in [1.82, 2.24) is 15.3 Å². The number of aromatic amines is 1. The van der Waals surface area contributed by atoms with Gasteiger partial charge in [0.2, 0.25) is 0 Å². The fourth-order valence-electron chi connectivity index (χ4n) is 3.23. The molecule has 2 N–H and O–H groups in total. The van der Waals surface area contributed by atoms with E-state index in [1.54, 1.807) is 0 Å². The minimum absolute atomic E-state index is 0.113. The van der Waals surface area contributed by atoms with Crippen LogP contribution in [-0.2, 0) is 16.9 Å². The number of rotatable bonds is 5. The maximum Gasteiger partial charge on any atom is 0.138 e. The summed E-state index contributed by atoms with van der Waals surface area (Å²) in [4.78, 5) is 8.15. The molecule has 4 nitrogen and oxygen atoms in total. The van der Waals surface area contributed by atoms with E-state index in [1.165, 1.54) is 12.8 Å². The van der Waals surface area contributed by atoms with Gasteiger partial charge in [0.1, 0.15) is 11.4 Å². The van der Waals surface area contributed by atoms with E-state index < -0.39 is 0 Å². The molecule has 0 saturated heterocycles. The smallest absolute Gasteiger partial charge is 0.138 e. The standard InChI is InChI=1S/C17H31N3O/c1-6-21-17(9-7-8-13(2)10-17)15-18-11-14(20-15)12-19-16(3,4)5/h11,13,19H,6-10,12H2,1-5H3,(H,18,20). The average molecular weight is 293 g/mol. The molecular weight excluding hydrogens is 262 g/mol. The van der Waals surface area contributed by atoms with Crippen molar-refractivity contribution in [1.29, 1.82) is 0 Å². The lowest BCUT2D eigenvalue weighted by atomic mass is 9.78. The molecule has 0 aromatic carbocycles. The van der Waals surface area contributed by atoms with Crippen LogP contribution in [0.5, 0.6) is 0 Å². The lowest BCUT2D eigenvalue weighted by Gasteiger charge is -2.38. The molecule has 1 aliphatic carbocycles. The van der Waals surface area contributed by atoms with Crippen LogP contribution in [0, 0.1) is 5.92 Å². The van der Waals surface area contributed by atoms with Gasteiger partial charge in [0.15, 0.2) is 0 Å². The van der Waals surface area contributed by atoms with Gasteiger partial charge in [-0.1, -0.05) is 13.3 Å². The molecule has 0 amide bonds. The molecule has 21 heavy (non-hydrogen) atoms. The van der Waals surface area contributed by atoms with Crippen molar-refractivity contribution >= 4 is 0 Å². The zero-order valence-electron chi connectivity index (χ0n) is 14.3. The molecule has 2 atom stereocenters. The third-order valence-corrected chi connectivity index (χ3v) is 4.25. The summed E-state index contributed by atoms with van der Waals surface area (Å²) in [6, 6.07) is 0. The zero-order chi connectivity index (χ0) is 15.5. The van der Waals surface area contributed by atoms with Gasteiger partial charge in [0.25, 0.3) is 0 Å². The van der Waals surface area contributed by atoms with Crippen LogP contribution in [-0.4, -0.2) is 22.1 Å². The molecule has 0 bridgehead atoms. The lowest BCUT2D eigenvalue weighted by molar-refractivity contribution is -0.0876. The summed E-state index contributed by atoms with van der Waals surface area (Å²) in [6.07, 6.45) is 6.62. The number of nitrogens with zero attached hydrogens (tertiary/aromatic N) is 1. The summed E-state index contributed by atoms with van der Waals surface area (Å²) >= 11 is 0. The maximum absolute atomic E-state index is 6.17. The summed E-state index contributed by atoms with van der Waals surface area (Å²) in [5.41, 5.74) is 1.05. The Morgan fingerprint density at radius 1 is 1.48 bits per heavy atom. The molecule has 1 aliphatic rings. The minimum atomic E-state index is -0.202. The first-order chi connectivity index (χ1) is 9.85. The van der Waals surface area contributed by atoms with E-state index in [-0.39, 0.29) is 11.1 Å². The molecule has 0 radical (unpaired) electrons. The van der Waals surface area contributed by atoms with E-state index in [4.69, 9.17) is 4.74 Å². The third-order valence-electron chi connectivity index (χ3n) is 4.25. The molecule has 0 aliphatic heterocycles. The van der Waals surface area contributed by atoms with Crippen LogP contribution >= 0.6 is 0 Å². The molecule has 1 aromatic rings. The van der Waals surface area contributed by atoms with Crippen molar-refractivity contribution in [3.63, 3.8) is 0 Å². The highest BCUT2D eigenvalue weighted by atomic mass is 16.5. The molecule has 1 aromatic heterocycles. The number of ether oxygens (including phenoxy) is 1. The number of H-pyrrole nitrogens is 1. The SMILES string of the molecule is CCOC1(c2ncc(CNC(C)(C)C)[nH]2)CCCC(C)C1. The van der Waals surface area contributed by atoms with Crippen molar-refractivity contribution in [3.8, 4) is 0 Å². The van der Waals surface area contributed by atoms with E-state index >= 15 is 0 Å². The summed E-state index contributed by atoms with van der Waals surface area (Å²) in [6.45, 7) is 12.5. The Bertz CT molecular complexity index is 445. The molecule has 2 unspecified atom stereocenters. The summed E-state index contributed by atoms with van der Waals surface area (Å²) in [7, 11) is 0. The van der Waals surface area contributed by atoms with Crippen LogP contribution in [0.1, 0.15) is 71.8 Å². The third kappa shape index (κ3) is 4.30. The van der Waals surface area contributed by atoms with Gasteiger partial charge in [0.05, 0.1) is 0 Å². The monoisotopic (exact) mass is 293 g/mol. The Morgan fingerprint density at radius 2 is 2.24 bits per heavy atom. The fourth-order valence-corrected chi connectivity index (χ4v) is 3.23. The van der Waals surface area contributed by atoms with Crippen molar-refractivity contribution < 1.29 is 4.74 Å². The van der Waals surface area contributed by atoms with Crippen LogP contribution in [0.25, 0.3) is 0 Å². The number of nitrogens with one attached hydrogen (secondary N) is 2. The van der Waals surface area contributed by atoms with Gasteiger partial charge >= 0.3 is 0 Å². The lowest BCUT2D eigenvalue weighted by Crippen LogP contribution is -2.37. The molecule has 120 valence electrons. The van der Waals surface area contributed by atoms with Crippen LogP contribution in [0.4, 0.5) is 0 Å². The van der Waals surface area contributed by atoms with Gasteiger partial charge in [-0.3, -0.25) is 0 Å². The van der Waals surface area contributed by atoms with Gasteiger partial charge in [-0.25, -0.2) is 4.98 Å². The van der Waals surface area contributed by atoms with Gasteiger partial charge in [0, 0.05) is 30.6 Å². The second kappa shape index (κ2) is 6.49. The number of imidazole rings is 1. The van der Waals surface area contributed by atoms with Crippen molar-refractivity contribution in [2.24, 2.45) is 5.92 Å². The number of hydrogen-bond acceptors (Lipinski definition) is 3. The van der Waals surface area contributed by atoms with Crippen molar-refractivity contribution in [2.45, 2.75) is 78.0 Å². The van der Waals surface area contributed by atoms with Gasteiger partial charge < -0.3 is 15.0 Å². The Balaban J connectivity index is 2.12. The summed E-state index contributed by atoms with van der Waals surface area (Å²) in [5.74, 6) is 1.72. The molecule has 1 fully saturated rings. The van der Waals surface area contributed by atoms with Crippen LogP contribution in [0.15, 0.2) is 6.20 Å². The van der Waals surface area contributed by atoms with E-state index in [2.05, 4.69) is 49.9 Å². The highest BCUT2D eigenvalue weighted by Crippen LogP contribution is 2.41. The predicted molar refractivity (Wildman–Crippen MR) is 86.1 cm³/mol. The Morgan fingerprint density at radius 3 is 2.86 bits per heavy atom. The summed E-state index contributed by atoms with van der Waals surface area (Å²) in [5, 5.41) is 3.50. The topological polar surface area (TPSA) is 49.9 Å². The van der Waals surface area contributed by atoms with Gasteiger partial charge in [-0.05, 0) is 52.9 Å². The molecule has 1 heterocycles. The Hall–Kier alpha value is -0.870. The molecule has 1 saturated carbocycles. The molecule has 2 rings (SSSR count). The minimum Gasteiger partial charge on any atom is -0.367 e. The van der Waals surface area contributed by atoms with Gasteiger partial charge in [-0.15, -0.1) is 0 Å². The van der Waals surface area contributed by atoms with E-state index in [0.717, 1.165) is 37.5 Å². The van der Waals surface area contributed by atoms with Crippen LogP contribution in [0.3, 0.4) is 0 Å². The predicted octanol–water partition coefficient (Wildman–Crippen LogP) is 3.74. The van der Waals surface area contributed by atoms with E-state index in [9.17, 15) is 0 Å². The normalized spacial score (nSPS) is 27.0. The number of hydrogen-bond donors (Lipinski definition) is 2. The van der Waals surface area contributed by atoms with Gasteiger partial charge in [-0.2, -0.15) is 0 Å². The highest BCUT2D eigenvalue weighted by Gasteiger charge is 2.39. The highest BCUT2D eigenvalue weighted by molar-refractivity contribution is 5.11. The second-order valence-corrected chi connectivity index (χ2v) is 7.49. The largest absolute Gasteiger partial charge is 0.367 e. The number of aromatic nitrogens is 2. The summed E-state index contributed by atoms with van der Waals surface area (Å²) < 4.78 is 6.17. The zero-order valence-corrected chi connectivity index (χ0v) is 14.3. The quantitative estimate of drug-likeness (QED) is 0.869. The first-order valence-corrected chi connectivity index (χ1v) is 8.28. The first kappa shape index (κ1) is 16.5.